The number of thiophene rings is 1. The zero-order chi connectivity index (χ0) is 23.2. The average molecular weight is 473 g/mol. The fraction of sp³-hybridized carbons (Fsp3) is 0.520. The Morgan fingerprint density at radius 3 is 2.12 bits per heavy atom. The van der Waals surface area contributed by atoms with E-state index in [1.807, 2.05) is 39.8 Å². The Morgan fingerprint density at radius 1 is 0.906 bits per heavy atom. The van der Waals surface area contributed by atoms with Crippen LogP contribution in [0.25, 0.3) is 10.2 Å². The van der Waals surface area contributed by atoms with Crippen molar-refractivity contribution in [3.05, 3.63) is 45.6 Å². The average Bonchev–Trinajstić information content (AvgIpc) is 3.12. The highest BCUT2D eigenvalue weighted by atomic mass is 32.2. The van der Waals surface area contributed by atoms with Crippen molar-refractivity contribution in [2.75, 3.05) is 0 Å². The van der Waals surface area contributed by atoms with E-state index in [-0.39, 0.29) is 17.7 Å². The van der Waals surface area contributed by atoms with E-state index >= 15 is 0 Å². The SMILES string of the molecule is CC(C)c1cc(C(C)C)c(S(=O)(=O)Oc2ncnc3sc4c(c23)CCCC4)c(C(C)C)c1. The minimum Gasteiger partial charge on any atom is -0.357 e. The molecule has 7 heteroatoms. The molecule has 0 fully saturated rings. The molecule has 4 rings (SSSR count). The van der Waals surface area contributed by atoms with Gasteiger partial charge in [0.1, 0.15) is 16.1 Å². The number of nitrogens with zero attached hydrogens (tertiary/aromatic N) is 2. The van der Waals surface area contributed by atoms with Gasteiger partial charge in [0.2, 0.25) is 5.88 Å². The van der Waals surface area contributed by atoms with Gasteiger partial charge in [-0.1, -0.05) is 53.7 Å². The zero-order valence-electron chi connectivity index (χ0n) is 19.7. The maximum Gasteiger partial charge on any atom is 0.341 e. The molecule has 1 aromatic carbocycles. The third kappa shape index (κ3) is 4.17. The molecule has 3 aromatic rings. The number of aromatic nitrogens is 2. The lowest BCUT2D eigenvalue weighted by atomic mass is 9.89. The topological polar surface area (TPSA) is 69.2 Å². The molecule has 0 bridgehead atoms. The lowest BCUT2D eigenvalue weighted by molar-refractivity contribution is 0.475. The van der Waals surface area contributed by atoms with Gasteiger partial charge >= 0.3 is 10.1 Å². The predicted molar refractivity (Wildman–Crippen MR) is 131 cm³/mol. The molecule has 0 N–H and O–H groups in total. The molecule has 0 aliphatic heterocycles. The number of hydrogen-bond acceptors (Lipinski definition) is 6. The van der Waals surface area contributed by atoms with E-state index in [4.69, 9.17) is 4.18 Å². The summed E-state index contributed by atoms with van der Waals surface area (Å²) in [6.45, 7) is 12.4. The quantitative estimate of drug-likeness (QED) is 0.373. The van der Waals surface area contributed by atoms with Gasteiger partial charge < -0.3 is 4.18 Å². The van der Waals surface area contributed by atoms with Crippen LogP contribution < -0.4 is 4.18 Å². The van der Waals surface area contributed by atoms with E-state index in [9.17, 15) is 8.42 Å². The maximum absolute atomic E-state index is 13.8. The van der Waals surface area contributed by atoms with Crippen LogP contribution in [0.15, 0.2) is 23.4 Å². The normalized spacial score (nSPS) is 14.5. The highest BCUT2D eigenvalue weighted by molar-refractivity contribution is 7.87. The molecule has 2 heterocycles. The zero-order valence-corrected chi connectivity index (χ0v) is 21.4. The minimum absolute atomic E-state index is 0.0406. The van der Waals surface area contributed by atoms with Crippen molar-refractivity contribution >= 4 is 31.7 Å². The standard InChI is InChI=1S/C25H32N2O3S2/c1-14(2)17-11-19(15(3)4)23(20(12-17)16(5)6)32(28,29)30-24-22-18-9-7-8-10-21(18)31-25(22)27-13-26-24/h11-16H,7-10H2,1-6H3. The number of fused-ring (bicyclic) bond motifs is 3. The Morgan fingerprint density at radius 2 is 1.53 bits per heavy atom. The van der Waals surface area contributed by atoms with Gasteiger partial charge in [0.15, 0.2) is 0 Å². The van der Waals surface area contributed by atoms with Crippen LogP contribution >= 0.6 is 11.3 Å². The van der Waals surface area contributed by atoms with Crippen LogP contribution in [-0.4, -0.2) is 18.4 Å². The molecule has 0 atom stereocenters. The Bertz CT molecular complexity index is 1230. The summed E-state index contributed by atoms with van der Waals surface area (Å²) >= 11 is 1.63. The number of benzene rings is 1. The molecule has 0 saturated heterocycles. The second-order valence-electron chi connectivity index (χ2n) is 9.60. The summed E-state index contributed by atoms with van der Waals surface area (Å²) in [5.74, 6) is 0.547. The molecule has 2 aromatic heterocycles. The van der Waals surface area contributed by atoms with Crippen LogP contribution in [0.4, 0.5) is 0 Å². The fourth-order valence-electron chi connectivity index (χ4n) is 4.45. The Labute approximate surface area is 195 Å². The third-order valence-electron chi connectivity index (χ3n) is 6.23. The summed E-state index contributed by atoms with van der Waals surface area (Å²) in [7, 11) is -4.09. The first-order valence-electron chi connectivity index (χ1n) is 11.5. The molecule has 32 heavy (non-hydrogen) atoms. The first-order valence-corrected chi connectivity index (χ1v) is 13.7. The van der Waals surface area contributed by atoms with E-state index in [1.54, 1.807) is 11.3 Å². The first kappa shape index (κ1) is 23.2. The van der Waals surface area contributed by atoms with E-state index in [0.717, 1.165) is 58.2 Å². The van der Waals surface area contributed by atoms with Gasteiger partial charge in [0.05, 0.1) is 5.39 Å². The summed E-state index contributed by atoms with van der Waals surface area (Å²) in [6, 6.07) is 4.05. The largest absolute Gasteiger partial charge is 0.357 e. The summed E-state index contributed by atoms with van der Waals surface area (Å²) in [5, 5.41) is 0.770. The van der Waals surface area contributed by atoms with E-state index in [0.29, 0.717) is 10.8 Å². The Kier molecular flexibility index (Phi) is 6.34. The van der Waals surface area contributed by atoms with Crippen LogP contribution in [0, 0.1) is 0 Å². The van der Waals surface area contributed by atoms with E-state index in [1.165, 1.54) is 11.2 Å². The van der Waals surface area contributed by atoms with Crippen molar-refractivity contribution < 1.29 is 12.6 Å². The summed E-state index contributed by atoms with van der Waals surface area (Å²) < 4.78 is 33.4. The van der Waals surface area contributed by atoms with Gasteiger partial charge in [-0.05, 0) is 65.7 Å². The molecule has 0 unspecified atom stereocenters. The van der Waals surface area contributed by atoms with Crippen LogP contribution in [0.1, 0.15) is 99.3 Å². The number of hydrogen-bond donors (Lipinski definition) is 0. The third-order valence-corrected chi connectivity index (χ3v) is 8.78. The van der Waals surface area contributed by atoms with Crippen LogP contribution in [-0.2, 0) is 23.0 Å². The van der Waals surface area contributed by atoms with Crippen LogP contribution in [0.3, 0.4) is 0 Å². The molecular weight excluding hydrogens is 440 g/mol. The molecule has 0 spiro atoms. The minimum atomic E-state index is -4.09. The molecular formula is C25H32N2O3S2. The second-order valence-corrected chi connectivity index (χ2v) is 12.2. The van der Waals surface area contributed by atoms with Gasteiger partial charge in [-0.15, -0.1) is 11.3 Å². The van der Waals surface area contributed by atoms with Gasteiger partial charge in [-0.3, -0.25) is 0 Å². The monoisotopic (exact) mass is 472 g/mol. The van der Waals surface area contributed by atoms with Gasteiger partial charge in [0.25, 0.3) is 0 Å². The summed E-state index contributed by atoms with van der Waals surface area (Å²) in [6.07, 6.45) is 5.57. The van der Waals surface area contributed by atoms with Gasteiger partial charge in [0, 0.05) is 4.88 Å². The first-order chi connectivity index (χ1) is 15.1. The number of aryl methyl sites for hydroxylation is 2. The van der Waals surface area contributed by atoms with E-state index < -0.39 is 10.1 Å². The van der Waals surface area contributed by atoms with Crippen LogP contribution in [0.2, 0.25) is 0 Å². The molecule has 0 radical (unpaired) electrons. The predicted octanol–water partition coefficient (Wildman–Crippen LogP) is 6.71. The van der Waals surface area contributed by atoms with Crippen molar-refractivity contribution in [3.63, 3.8) is 0 Å². The Hall–Kier alpha value is -1.99. The maximum atomic E-state index is 13.8. The highest BCUT2D eigenvalue weighted by Gasteiger charge is 2.31. The molecule has 0 saturated carbocycles. The molecule has 0 amide bonds. The fourth-order valence-corrected chi connectivity index (χ4v) is 7.25. The molecule has 1 aliphatic carbocycles. The van der Waals surface area contributed by atoms with Crippen molar-refractivity contribution in [2.24, 2.45) is 0 Å². The lowest BCUT2D eigenvalue weighted by Crippen LogP contribution is -2.18. The summed E-state index contributed by atoms with van der Waals surface area (Å²) in [4.78, 5) is 11.1. The molecule has 1 aliphatic rings. The highest BCUT2D eigenvalue weighted by Crippen LogP contribution is 2.41. The van der Waals surface area contributed by atoms with Crippen molar-refractivity contribution in [2.45, 2.75) is 89.9 Å². The molecule has 5 nitrogen and oxygen atoms in total. The lowest BCUT2D eigenvalue weighted by Gasteiger charge is -2.22. The van der Waals surface area contributed by atoms with Gasteiger partial charge in [-0.2, -0.15) is 8.42 Å². The van der Waals surface area contributed by atoms with Gasteiger partial charge in [-0.25, -0.2) is 9.97 Å². The van der Waals surface area contributed by atoms with Crippen molar-refractivity contribution in [3.8, 4) is 5.88 Å². The van der Waals surface area contributed by atoms with Crippen LogP contribution in [0.5, 0.6) is 5.88 Å². The smallest absolute Gasteiger partial charge is 0.341 e. The molecule has 172 valence electrons. The number of rotatable bonds is 6. The van der Waals surface area contributed by atoms with Crippen molar-refractivity contribution in [1.29, 1.82) is 0 Å². The second kappa shape index (κ2) is 8.75. The van der Waals surface area contributed by atoms with E-state index in [2.05, 4.69) is 23.8 Å². The Balaban J connectivity index is 1.89. The summed E-state index contributed by atoms with van der Waals surface area (Å²) in [5.41, 5.74) is 3.91. The van der Waals surface area contributed by atoms with Crippen molar-refractivity contribution in [1.82, 2.24) is 9.97 Å².